The van der Waals surface area contributed by atoms with Crippen LogP contribution in [0.25, 0.3) is 12.2 Å². The molecule has 0 unspecified atom stereocenters. The first-order chi connectivity index (χ1) is 10.5. The molecule has 1 aromatic heterocycles. The fraction of sp³-hybridized carbons (Fsp3) is 0.421. The Balaban J connectivity index is 2.12. The van der Waals surface area contributed by atoms with Gasteiger partial charge in [0.05, 0.1) is 5.38 Å². The fourth-order valence-corrected chi connectivity index (χ4v) is 3.23. The van der Waals surface area contributed by atoms with E-state index in [0.717, 1.165) is 12.5 Å². The number of aromatic nitrogens is 1. The van der Waals surface area contributed by atoms with Gasteiger partial charge in [-0.1, -0.05) is 37.3 Å². The number of hydrogen-bond donors (Lipinski definition) is 0. The van der Waals surface area contributed by atoms with E-state index in [9.17, 15) is 0 Å². The van der Waals surface area contributed by atoms with E-state index in [4.69, 9.17) is 0 Å². The molecular weight excluding hydrogens is 288 g/mol. The smallest absolute Gasteiger partial charge is 0.261 e. The van der Waals surface area contributed by atoms with Crippen LogP contribution in [-0.4, -0.2) is 14.1 Å². The van der Waals surface area contributed by atoms with Crippen molar-refractivity contribution in [3.8, 4) is 0 Å². The van der Waals surface area contributed by atoms with E-state index in [0.29, 0.717) is 0 Å². The molecular formula is C19H27N2S+. The molecule has 0 aliphatic carbocycles. The Kier molecular flexibility index (Phi) is 5.78. The number of anilines is 1. The van der Waals surface area contributed by atoms with Crippen molar-refractivity contribution in [2.24, 2.45) is 5.92 Å². The van der Waals surface area contributed by atoms with Crippen LogP contribution in [0.15, 0.2) is 29.6 Å². The Morgan fingerprint density at radius 2 is 1.82 bits per heavy atom. The number of aryl methyl sites for hydroxylation is 1. The van der Waals surface area contributed by atoms with Crippen LogP contribution in [0.5, 0.6) is 0 Å². The summed E-state index contributed by atoms with van der Waals surface area (Å²) in [4.78, 5) is 2.12. The van der Waals surface area contributed by atoms with E-state index in [-0.39, 0.29) is 0 Å². The standard InChI is InChI=1S/C19H27N2S/c1-15(2)12-13-21-16(3)14-22-19(21)11-8-17-6-9-18(10-7-17)20(4)5/h6-11,14-15H,12-13H2,1-5H3/q+1. The van der Waals surface area contributed by atoms with Gasteiger partial charge in [0.15, 0.2) is 5.69 Å². The van der Waals surface area contributed by atoms with Gasteiger partial charge in [0.1, 0.15) is 6.54 Å². The van der Waals surface area contributed by atoms with Gasteiger partial charge in [0.25, 0.3) is 5.01 Å². The second kappa shape index (κ2) is 7.59. The molecule has 1 aromatic carbocycles. The number of benzene rings is 1. The topological polar surface area (TPSA) is 7.12 Å². The fourth-order valence-electron chi connectivity index (χ4n) is 2.30. The van der Waals surface area contributed by atoms with Gasteiger partial charge >= 0.3 is 0 Å². The van der Waals surface area contributed by atoms with E-state index < -0.39 is 0 Å². The van der Waals surface area contributed by atoms with E-state index in [1.807, 2.05) is 11.3 Å². The van der Waals surface area contributed by atoms with Crippen LogP contribution in [-0.2, 0) is 6.54 Å². The Morgan fingerprint density at radius 3 is 2.41 bits per heavy atom. The highest BCUT2D eigenvalue weighted by Gasteiger charge is 2.14. The van der Waals surface area contributed by atoms with Crippen molar-refractivity contribution in [3.63, 3.8) is 0 Å². The summed E-state index contributed by atoms with van der Waals surface area (Å²) in [6, 6.07) is 8.66. The zero-order chi connectivity index (χ0) is 16.1. The summed E-state index contributed by atoms with van der Waals surface area (Å²) in [5.41, 5.74) is 3.83. The minimum absolute atomic E-state index is 0.738. The molecule has 1 heterocycles. The molecule has 22 heavy (non-hydrogen) atoms. The number of nitrogens with zero attached hydrogens (tertiary/aromatic N) is 2. The zero-order valence-electron chi connectivity index (χ0n) is 14.3. The van der Waals surface area contributed by atoms with Gasteiger partial charge in [0, 0.05) is 39.2 Å². The van der Waals surface area contributed by atoms with Crippen LogP contribution >= 0.6 is 11.3 Å². The SMILES string of the molecule is Cc1csc(/C=C/c2ccc(N(C)C)cc2)[n+]1CCC(C)C. The summed E-state index contributed by atoms with van der Waals surface area (Å²) in [7, 11) is 4.13. The van der Waals surface area contributed by atoms with Gasteiger partial charge in [0.2, 0.25) is 0 Å². The van der Waals surface area contributed by atoms with Crippen molar-refractivity contribution < 1.29 is 4.57 Å². The van der Waals surface area contributed by atoms with Crippen LogP contribution in [0, 0.1) is 12.8 Å². The normalized spacial score (nSPS) is 11.5. The number of rotatable bonds is 6. The Bertz CT molecular complexity index is 621. The van der Waals surface area contributed by atoms with E-state index >= 15 is 0 Å². The van der Waals surface area contributed by atoms with Gasteiger partial charge in [-0.2, -0.15) is 4.57 Å². The largest absolute Gasteiger partial charge is 0.378 e. The molecule has 0 fully saturated rings. The molecule has 0 bridgehead atoms. The van der Waals surface area contributed by atoms with E-state index in [1.165, 1.54) is 28.4 Å². The molecule has 0 N–H and O–H groups in total. The first-order valence-corrected chi connectivity index (χ1v) is 8.78. The van der Waals surface area contributed by atoms with Crippen LogP contribution in [0.2, 0.25) is 0 Å². The molecule has 0 spiro atoms. The lowest BCUT2D eigenvalue weighted by Gasteiger charge is -2.11. The summed E-state index contributed by atoms with van der Waals surface area (Å²) in [6.07, 6.45) is 5.67. The average Bonchev–Trinajstić information content (AvgIpc) is 2.83. The second-order valence-electron chi connectivity index (χ2n) is 6.37. The third-order valence-electron chi connectivity index (χ3n) is 3.80. The zero-order valence-corrected chi connectivity index (χ0v) is 15.2. The van der Waals surface area contributed by atoms with Gasteiger partial charge in [-0.3, -0.25) is 0 Å². The molecule has 2 rings (SSSR count). The first-order valence-electron chi connectivity index (χ1n) is 7.90. The summed E-state index contributed by atoms with van der Waals surface area (Å²) in [5.74, 6) is 0.738. The third kappa shape index (κ3) is 4.44. The Morgan fingerprint density at radius 1 is 1.14 bits per heavy atom. The molecule has 118 valence electrons. The highest BCUT2D eigenvalue weighted by atomic mass is 32.1. The minimum Gasteiger partial charge on any atom is -0.378 e. The average molecular weight is 316 g/mol. The lowest BCUT2D eigenvalue weighted by Crippen LogP contribution is -2.37. The molecule has 0 radical (unpaired) electrons. The van der Waals surface area contributed by atoms with Crippen LogP contribution < -0.4 is 9.47 Å². The minimum atomic E-state index is 0.738. The van der Waals surface area contributed by atoms with Crippen molar-refractivity contribution in [2.45, 2.75) is 33.7 Å². The van der Waals surface area contributed by atoms with Gasteiger partial charge in [-0.05, 0) is 29.7 Å². The number of hydrogen-bond acceptors (Lipinski definition) is 2. The molecule has 3 heteroatoms. The highest BCUT2D eigenvalue weighted by Crippen LogP contribution is 2.16. The molecule has 0 amide bonds. The molecule has 0 aliphatic heterocycles. The maximum Gasteiger partial charge on any atom is 0.261 e. The quantitative estimate of drug-likeness (QED) is 0.705. The summed E-state index contributed by atoms with van der Waals surface area (Å²) in [6.45, 7) is 7.86. The van der Waals surface area contributed by atoms with Crippen molar-refractivity contribution in [1.82, 2.24) is 0 Å². The predicted octanol–water partition coefficient (Wildman–Crippen LogP) is 4.63. The maximum absolute atomic E-state index is 2.43. The predicted molar refractivity (Wildman–Crippen MR) is 98.4 cm³/mol. The van der Waals surface area contributed by atoms with Crippen molar-refractivity contribution in [2.75, 3.05) is 19.0 Å². The lowest BCUT2D eigenvalue weighted by atomic mass is 10.1. The van der Waals surface area contributed by atoms with Crippen LogP contribution in [0.3, 0.4) is 0 Å². The molecule has 0 saturated heterocycles. The third-order valence-corrected chi connectivity index (χ3v) is 4.86. The van der Waals surface area contributed by atoms with E-state index in [2.05, 4.69) is 86.1 Å². The van der Waals surface area contributed by atoms with Crippen LogP contribution in [0.4, 0.5) is 5.69 Å². The summed E-state index contributed by atoms with van der Waals surface area (Å²) >= 11 is 1.82. The Hall–Kier alpha value is -1.61. The lowest BCUT2D eigenvalue weighted by molar-refractivity contribution is -0.700. The van der Waals surface area contributed by atoms with Gasteiger partial charge < -0.3 is 4.90 Å². The summed E-state index contributed by atoms with van der Waals surface area (Å²) in [5, 5.41) is 3.57. The monoisotopic (exact) mass is 315 g/mol. The van der Waals surface area contributed by atoms with Crippen molar-refractivity contribution >= 4 is 29.2 Å². The van der Waals surface area contributed by atoms with Crippen molar-refractivity contribution in [3.05, 3.63) is 45.9 Å². The molecule has 0 atom stereocenters. The first kappa shape index (κ1) is 16.8. The summed E-state index contributed by atoms with van der Waals surface area (Å²) < 4.78 is 2.43. The van der Waals surface area contributed by atoms with Gasteiger partial charge in [-0.25, -0.2) is 0 Å². The number of thiazole rings is 1. The maximum atomic E-state index is 2.43. The van der Waals surface area contributed by atoms with Crippen LogP contribution in [0.1, 0.15) is 36.5 Å². The Labute approximate surface area is 138 Å². The molecule has 2 nitrogen and oxygen atoms in total. The van der Waals surface area contributed by atoms with Gasteiger partial charge in [-0.15, -0.1) is 0 Å². The van der Waals surface area contributed by atoms with E-state index in [1.54, 1.807) is 0 Å². The molecule has 0 aliphatic rings. The molecule has 0 saturated carbocycles. The molecule has 2 aromatic rings. The van der Waals surface area contributed by atoms with Crippen molar-refractivity contribution in [1.29, 1.82) is 0 Å². The highest BCUT2D eigenvalue weighted by molar-refractivity contribution is 7.10. The second-order valence-corrected chi connectivity index (χ2v) is 7.26.